The third-order valence-electron chi connectivity index (χ3n) is 5.93. The quantitative estimate of drug-likeness (QED) is 0.420. The summed E-state index contributed by atoms with van der Waals surface area (Å²) < 4.78 is 12.4. The second-order valence-corrected chi connectivity index (χ2v) is 7.79. The van der Waals surface area contributed by atoms with Gasteiger partial charge in [-0.25, -0.2) is 4.98 Å². The number of ketones is 1. The number of rotatable bonds is 6. The van der Waals surface area contributed by atoms with Crippen LogP contribution in [0.4, 0.5) is 5.82 Å². The summed E-state index contributed by atoms with van der Waals surface area (Å²) in [7, 11) is 2.93. The number of benzene rings is 2. The molecule has 0 aliphatic heterocycles. The first kappa shape index (κ1) is 21.4. The van der Waals surface area contributed by atoms with E-state index in [-0.39, 0.29) is 41.4 Å². The number of carbonyl (C=O) groups excluding carboxylic acids is 2. The summed E-state index contributed by atoms with van der Waals surface area (Å²) in [4.78, 5) is 43.9. The lowest BCUT2D eigenvalue weighted by Gasteiger charge is -2.17. The highest BCUT2D eigenvalue weighted by Crippen LogP contribution is 2.43. The van der Waals surface area contributed by atoms with E-state index in [4.69, 9.17) is 9.47 Å². The van der Waals surface area contributed by atoms with Crippen LogP contribution in [0.15, 0.2) is 65.6 Å². The van der Waals surface area contributed by atoms with Crippen LogP contribution in [0.2, 0.25) is 0 Å². The minimum absolute atomic E-state index is 0.0110. The summed E-state index contributed by atoms with van der Waals surface area (Å²) in [6, 6.07) is 15.8. The van der Waals surface area contributed by atoms with Crippen LogP contribution in [-0.2, 0) is 11.3 Å². The zero-order valence-corrected chi connectivity index (χ0v) is 18.6. The van der Waals surface area contributed by atoms with Gasteiger partial charge < -0.3 is 19.4 Å². The molecule has 1 N–H and O–H groups in total. The van der Waals surface area contributed by atoms with Crippen molar-refractivity contribution in [1.29, 1.82) is 0 Å². The summed E-state index contributed by atoms with van der Waals surface area (Å²) in [6.45, 7) is 0.0672. The molecule has 0 radical (unpaired) electrons. The fourth-order valence-electron chi connectivity index (χ4n) is 4.45. The number of fused-ring (bicyclic) bond motifs is 5. The Hall–Kier alpha value is -4.46. The van der Waals surface area contributed by atoms with Crippen LogP contribution in [0.25, 0.3) is 22.0 Å². The predicted molar refractivity (Wildman–Crippen MR) is 128 cm³/mol. The molecule has 34 heavy (non-hydrogen) atoms. The van der Waals surface area contributed by atoms with E-state index in [0.717, 1.165) is 0 Å². The van der Waals surface area contributed by atoms with Crippen molar-refractivity contribution >= 4 is 28.3 Å². The van der Waals surface area contributed by atoms with Gasteiger partial charge in [0.25, 0.3) is 5.56 Å². The van der Waals surface area contributed by atoms with Crippen LogP contribution in [0.5, 0.6) is 11.5 Å². The van der Waals surface area contributed by atoms with Gasteiger partial charge in [-0.1, -0.05) is 30.3 Å². The third-order valence-corrected chi connectivity index (χ3v) is 5.93. The smallest absolute Gasteiger partial charge is 0.262 e. The van der Waals surface area contributed by atoms with Crippen molar-refractivity contribution < 1.29 is 19.1 Å². The summed E-state index contributed by atoms with van der Waals surface area (Å²) in [5, 5.41) is 3.46. The van der Waals surface area contributed by atoms with Crippen molar-refractivity contribution in [1.82, 2.24) is 9.55 Å². The number of hydrogen-bond donors (Lipinski definition) is 1. The fourth-order valence-corrected chi connectivity index (χ4v) is 4.45. The molecule has 2 heterocycles. The lowest BCUT2D eigenvalue weighted by Crippen LogP contribution is -2.26. The van der Waals surface area contributed by atoms with E-state index in [0.29, 0.717) is 39.3 Å². The maximum Gasteiger partial charge on any atom is 0.262 e. The molecule has 2 aromatic carbocycles. The molecular weight excluding hydrogens is 434 g/mol. The number of pyridine rings is 2. The lowest BCUT2D eigenvalue weighted by atomic mass is 10.0. The number of amides is 1. The number of nitrogens with one attached hydrogen (secondary N) is 1. The van der Waals surface area contributed by atoms with Crippen molar-refractivity contribution in [2.24, 2.45) is 0 Å². The van der Waals surface area contributed by atoms with E-state index in [1.54, 1.807) is 48.7 Å². The average Bonchev–Trinajstić information content (AvgIpc) is 3.16. The molecule has 0 unspecified atom stereocenters. The molecule has 4 aromatic rings. The molecular formula is C26H21N3O5. The molecule has 1 aliphatic rings. The van der Waals surface area contributed by atoms with E-state index in [2.05, 4.69) is 10.3 Å². The molecule has 2 aromatic heterocycles. The standard InChI is InChI=1S/C26H21N3O5/c1-33-18-11-10-17-21-23(15-7-3-4-8-16(15)24(21)31)29(26(32)22(17)25(18)34-2)14-12-20(30)28-19-9-5-6-13-27-19/h3-11,13H,12,14H2,1-2H3,(H,27,28,30). The first-order valence-electron chi connectivity index (χ1n) is 10.7. The Morgan fingerprint density at radius 2 is 1.74 bits per heavy atom. The molecule has 1 amide bonds. The second kappa shape index (κ2) is 8.47. The van der Waals surface area contributed by atoms with Gasteiger partial charge in [-0.3, -0.25) is 14.4 Å². The summed E-state index contributed by atoms with van der Waals surface area (Å²) in [5.41, 5.74) is 1.75. The first-order valence-corrected chi connectivity index (χ1v) is 10.7. The Labute approximate surface area is 194 Å². The van der Waals surface area contributed by atoms with Crippen molar-refractivity contribution in [3.63, 3.8) is 0 Å². The number of carbonyl (C=O) groups is 2. The van der Waals surface area contributed by atoms with Crippen LogP contribution in [-0.4, -0.2) is 35.5 Å². The fraction of sp³-hybridized carbons (Fsp3) is 0.154. The highest BCUT2D eigenvalue weighted by atomic mass is 16.5. The lowest BCUT2D eigenvalue weighted by molar-refractivity contribution is -0.116. The highest BCUT2D eigenvalue weighted by molar-refractivity contribution is 6.27. The molecule has 0 atom stereocenters. The maximum absolute atomic E-state index is 13.8. The normalized spacial score (nSPS) is 11.8. The van der Waals surface area contributed by atoms with Crippen molar-refractivity contribution in [3.05, 3.63) is 82.3 Å². The van der Waals surface area contributed by atoms with Crippen LogP contribution in [0, 0.1) is 0 Å². The van der Waals surface area contributed by atoms with E-state index >= 15 is 0 Å². The minimum atomic E-state index is -0.361. The Bertz CT molecular complexity index is 1510. The van der Waals surface area contributed by atoms with E-state index < -0.39 is 0 Å². The number of aromatic nitrogens is 2. The molecule has 8 nitrogen and oxygen atoms in total. The Morgan fingerprint density at radius 1 is 0.971 bits per heavy atom. The topological polar surface area (TPSA) is 99.5 Å². The Morgan fingerprint density at radius 3 is 2.44 bits per heavy atom. The van der Waals surface area contributed by atoms with Crippen molar-refractivity contribution in [2.75, 3.05) is 19.5 Å². The van der Waals surface area contributed by atoms with Gasteiger partial charge in [0.1, 0.15) is 5.82 Å². The van der Waals surface area contributed by atoms with Crippen molar-refractivity contribution in [3.8, 4) is 22.8 Å². The van der Waals surface area contributed by atoms with Gasteiger partial charge in [0.2, 0.25) is 5.91 Å². The SMILES string of the molecule is COc1ccc2c3c(n(CCC(=O)Nc4ccccn4)c(=O)c2c1OC)-c1ccccc1C3=O. The van der Waals surface area contributed by atoms with Gasteiger partial charge in [0.15, 0.2) is 17.3 Å². The average molecular weight is 455 g/mol. The number of methoxy groups -OCH3 is 2. The molecule has 170 valence electrons. The molecule has 5 rings (SSSR count). The minimum Gasteiger partial charge on any atom is -0.493 e. The summed E-state index contributed by atoms with van der Waals surface area (Å²) in [6.07, 6.45) is 1.59. The van der Waals surface area contributed by atoms with Crippen LogP contribution < -0.4 is 20.3 Å². The zero-order valence-electron chi connectivity index (χ0n) is 18.6. The van der Waals surface area contributed by atoms with Crippen LogP contribution in [0.1, 0.15) is 22.3 Å². The number of hydrogen-bond acceptors (Lipinski definition) is 6. The maximum atomic E-state index is 13.8. The second-order valence-electron chi connectivity index (χ2n) is 7.79. The summed E-state index contributed by atoms with van der Waals surface area (Å²) >= 11 is 0. The van der Waals surface area contributed by atoms with Gasteiger partial charge in [-0.15, -0.1) is 0 Å². The molecule has 0 saturated heterocycles. The largest absolute Gasteiger partial charge is 0.493 e. The number of anilines is 1. The van der Waals surface area contributed by atoms with Crippen LogP contribution >= 0.6 is 0 Å². The summed E-state index contributed by atoms with van der Waals surface area (Å²) in [5.74, 6) is 0.595. The molecule has 0 saturated carbocycles. The molecule has 0 spiro atoms. The number of ether oxygens (including phenoxy) is 2. The van der Waals surface area contributed by atoms with Crippen molar-refractivity contribution in [2.45, 2.75) is 13.0 Å². The zero-order chi connectivity index (χ0) is 23.8. The van der Waals surface area contributed by atoms with E-state index in [9.17, 15) is 14.4 Å². The first-order chi connectivity index (χ1) is 16.5. The molecule has 1 aliphatic carbocycles. The van der Waals surface area contributed by atoms with Gasteiger partial charge in [0, 0.05) is 35.7 Å². The Balaban J connectivity index is 1.68. The Kier molecular flexibility index (Phi) is 5.33. The molecule has 0 fully saturated rings. The van der Waals surface area contributed by atoms with E-state index in [1.807, 2.05) is 12.1 Å². The predicted octanol–water partition coefficient (Wildman–Crippen LogP) is 3.65. The monoisotopic (exact) mass is 455 g/mol. The van der Waals surface area contributed by atoms with Gasteiger partial charge in [0.05, 0.1) is 30.9 Å². The van der Waals surface area contributed by atoms with E-state index in [1.165, 1.54) is 18.8 Å². The van der Waals surface area contributed by atoms with Gasteiger partial charge >= 0.3 is 0 Å². The third kappa shape index (κ3) is 3.31. The van der Waals surface area contributed by atoms with Crippen LogP contribution in [0.3, 0.4) is 0 Å². The molecule has 0 bridgehead atoms. The number of nitrogens with zero attached hydrogens (tertiary/aromatic N) is 2. The molecule has 8 heteroatoms. The highest BCUT2D eigenvalue weighted by Gasteiger charge is 2.33. The van der Waals surface area contributed by atoms with Gasteiger partial charge in [-0.05, 0) is 24.3 Å². The van der Waals surface area contributed by atoms with Gasteiger partial charge in [-0.2, -0.15) is 0 Å².